The molecule has 1 N–H and O–H groups in total. The molecule has 7 heteroatoms. The summed E-state index contributed by atoms with van der Waals surface area (Å²) in [4.78, 5) is 0. The fourth-order valence-electron chi connectivity index (χ4n) is 3.68. The maximum atomic E-state index is 10.6. The molecule has 0 bridgehead atoms. The van der Waals surface area contributed by atoms with Gasteiger partial charge in [0.15, 0.2) is 17.2 Å². The predicted octanol–water partition coefficient (Wildman–Crippen LogP) is 0.948. The van der Waals surface area contributed by atoms with Crippen molar-refractivity contribution < 1.29 is 33.5 Å². The minimum atomic E-state index is -0.948. The molecule has 3 fully saturated rings. The van der Waals surface area contributed by atoms with Crippen molar-refractivity contribution in [3.8, 4) is 0 Å². The van der Waals surface area contributed by atoms with Gasteiger partial charge in [-0.2, -0.15) is 0 Å². The molecule has 0 aromatic carbocycles. The summed E-state index contributed by atoms with van der Waals surface area (Å²) < 4.78 is 34.8. The molecular weight excluding hydrogens is 304 g/mol. The van der Waals surface area contributed by atoms with Gasteiger partial charge in [-0.05, 0) is 33.3 Å². The number of aliphatic hydroxyl groups excluding tert-OH is 1. The van der Waals surface area contributed by atoms with Crippen molar-refractivity contribution >= 4 is 0 Å². The molecule has 23 heavy (non-hydrogen) atoms. The van der Waals surface area contributed by atoms with Crippen LogP contribution >= 0.6 is 0 Å². The molecular formula is C16H26O7. The number of rotatable bonds is 3. The van der Waals surface area contributed by atoms with E-state index in [2.05, 4.69) is 6.58 Å². The van der Waals surface area contributed by atoms with Crippen LogP contribution in [0.1, 0.15) is 27.7 Å². The van der Waals surface area contributed by atoms with E-state index in [4.69, 9.17) is 28.4 Å². The predicted molar refractivity (Wildman–Crippen MR) is 79.6 cm³/mol. The number of fused-ring (bicyclic) bond motifs is 2. The Labute approximate surface area is 136 Å². The first-order valence-corrected chi connectivity index (χ1v) is 7.79. The molecule has 3 aliphatic rings. The molecule has 2 heterocycles. The van der Waals surface area contributed by atoms with Crippen LogP contribution in [0.5, 0.6) is 0 Å². The lowest BCUT2D eigenvalue weighted by Gasteiger charge is -2.47. The Morgan fingerprint density at radius 2 is 1.91 bits per heavy atom. The van der Waals surface area contributed by atoms with E-state index in [9.17, 15) is 5.11 Å². The van der Waals surface area contributed by atoms with Crippen molar-refractivity contribution in [2.75, 3.05) is 20.5 Å². The second kappa shape index (κ2) is 5.49. The van der Waals surface area contributed by atoms with Crippen LogP contribution in [0, 0.1) is 0 Å². The maximum absolute atomic E-state index is 10.6. The molecule has 1 spiro atoms. The van der Waals surface area contributed by atoms with Crippen LogP contribution < -0.4 is 0 Å². The second-order valence-corrected chi connectivity index (χ2v) is 7.24. The van der Waals surface area contributed by atoms with Gasteiger partial charge in [0.2, 0.25) is 0 Å². The summed E-state index contributed by atoms with van der Waals surface area (Å²) in [5, 5.41) is 10.6. The van der Waals surface area contributed by atoms with E-state index in [0.717, 1.165) is 0 Å². The minimum absolute atomic E-state index is 0.0452. The summed E-state index contributed by atoms with van der Waals surface area (Å²) in [6.45, 7) is 11.6. The van der Waals surface area contributed by atoms with Gasteiger partial charge in [-0.1, -0.05) is 6.58 Å². The van der Waals surface area contributed by atoms with Crippen LogP contribution in [0.4, 0.5) is 0 Å². The molecule has 5 atom stereocenters. The van der Waals surface area contributed by atoms with E-state index in [1.165, 1.54) is 7.11 Å². The lowest BCUT2D eigenvalue weighted by atomic mass is 9.74. The molecule has 132 valence electrons. The number of aliphatic hydroxyl groups is 1. The van der Waals surface area contributed by atoms with Gasteiger partial charge < -0.3 is 33.5 Å². The van der Waals surface area contributed by atoms with Crippen molar-refractivity contribution in [3.05, 3.63) is 12.2 Å². The van der Waals surface area contributed by atoms with Gasteiger partial charge in [-0.25, -0.2) is 0 Å². The van der Waals surface area contributed by atoms with E-state index in [1.54, 1.807) is 13.8 Å². The summed E-state index contributed by atoms with van der Waals surface area (Å²) in [5.74, 6) is -1.63. The Kier molecular flexibility index (Phi) is 4.12. The van der Waals surface area contributed by atoms with Gasteiger partial charge in [-0.3, -0.25) is 0 Å². The SMILES string of the molecule is C=C1[C@@H](OCOC)[C@@]2(COC(C)(C)O2)[C@H]2OC(C)(C)O[C@H]2[C@H]1O. The smallest absolute Gasteiger partial charge is 0.164 e. The van der Waals surface area contributed by atoms with Crippen LogP contribution in [0.15, 0.2) is 12.2 Å². The third-order valence-corrected chi connectivity index (χ3v) is 4.52. The zero-order valence-corrected chi connectivity index (χ0v) is 14.3. The molecule has 0 radical (unpaired) electrons. The largest absolute Gasteiger partial charge is 0.386 e. The highest BCUT2D eigenvalue weighted by molar-refractivity contribution is 5.28. The fraction of sp³-hybridized carbons (Fsp3) is 0.875. The van der Waals surface area contributed by atoms with Crippen molar-refractivity contribution in [2.45, 2.75) is 69.3 Å². The molecule has 3 rings (SSSR count). The average molecular weight is 330 g/mol. The molecule has 0 aromatic rings. The molecule has 1 saturated carbocycles. The first kappa shape index (κ1) is 17.3. The van der Waals surface area contributed by atoms with Crippen molar-refractivity contribution in [1.29, 1.82) is 0 Å². The highest BCUT2D eigenvalue weighted by Crippen LogP contribution is 2.50. The van der Waals surface area contributed by atoms with E-state index >= 15 is 0 Å². The quantitative estimate of drug-likeness (QED) is 0.610. The Morgan fingerprint density at radius 3 is 2.48 bits per heavy atom. The zero-order chi connectivity index (χ0) is 17.0. The highest BCUT2D eigenvalue weighted by atomic mass is 16.8. The number of methoxy groups -OCH3 is 1. The highest BCUT2D eigenvalue weighted by Gasteiger charge is 2.68. The monoisotopic (exact) mass is 330 g/mol. The van der Waals surface area contributed by atoms with Crippen LogP contribution in [0.2, 0.25) is 0 Å². The Balaban J connectivity index is 2.00. The Hall–Kier alpha value is -0.540. The number of hydrogen-bond donors (Lipinski definition) is 1. The van der Waals surface area contributed by atoms with Gasteiger partial charge in [0.05, 0.1) is 6.61 Å². The molecule has 0 aromatic heterocycles. The summed E-state index contributed by atoms with van der Waals surface area (Å²) >= 11 is 0. The minimum Gasteiger partial charge on any atom is -0.386 e. The van der Waals surface area contributed by atoms with Gasteiger partial charge in [0, 0.05) is 7.11 Å². The van der Waals surface area contributed by atoms with Crippen LogP contribution in [-0.4, -0.2) is 67.2 Å². The fourth-order valence-corrected chi connectivity index (χ4v) is 3.68. The summed E-state index contributed by atoms with van der Waals surface area (Å²) in [7, 11) is 1.53. The van der Waals surface area contributed by atoms with Crippen LogP contribution in [0.3, 0.4) is 0 Å². The third-order valence-electron chi connectivity index (χ3n) is 4.52. The molecule has 2 aliphatic heterocycles. The molecule has 0 unspecified atom stereocenters. The van der Waals surface area contributed by atoms with E-state index in [1.807, 2.05) is 13.8 Å². The van der Waals surface area contributed by atoms with Crippen molar-refractivity contribution in [1.82, 2.24) is 0 Å². The molecule has 7 nitrogen and oxygen atoms in total. The molecule has 0 amide bonds. The molecule has 1 aliphatic carbocycles. The molecule has 2 saturated heterocycles. The second-order valence-electron chi connectivity index (χ2n) is 7.24. The summed E-state index contributed by atoms with van der Waals surface area (Å²) in [6, 6.07) is 0. The van der Waals surface area contributed by atoms with E-state index in [0.29, 0.717) is 5.57 Å². The Bertz CT molecular complexity index is 489. The average Bonchev–Trinajstić information content (AvgIpc) is 2.95. The van der Waals surface area contributed by atoms with Gasteiger partial charge in [0.25, 0.3) is 0 Å². The third kappa shape index (κ3) is 2.74. The lowest BCUT2D eigenvalue weighted by molar-refractivity contribution is -0.248. The Morgan fingerprint density at radius 1 is 1.22 bits per heavy atom. The lowest BCUT2D eigenvalue weighted by Crippen LogP contribution is -2.67. The zero-order valence-electron chi connectivity index (χ0n) is 14.3. The van der Waals surface area contributed by atoms with Gasteiger partial charge in [0.1, 0.15) is 31.2 Å². The van der Waals surface area contributed by atoms with Gasteiger partial charge in [-0.15, -0.1) is 0 Å². The number of hydrogen-bond acceptors (Lipinski definition) is 7. The van der Waals surface area contributed by atoms with Gasteiger partial charge >= 0.3 is 0 Å². The van der Waals surface area contributed by atoms with Crippen molar-refractivity contribution in [3.63, 3.8) is 0 Å². The van der Waals surface area contributed by atoms with E-state index < -0.39 is 41.6 Å². The summed E-state index contributed by atoms with van der Waals surface area (Å²) in [5.41, 5.74) is -0.470. The first-order valence-electron chi connectivity index (χ1n) is 7.79. The number of ether oxygens (including phenoxy) is 6. The summed E-state index contributed by atoms with van der Waals surface area (Å²) in [6.07, 6.45) is -2.67. The van der Waals surface area contributed by atoms with Crippen LogP contribution in [0.25, 0.3) is 0 Å². The van der Waals surface area contributed by atoms with Crippen molar-refractivity contribution in [2.24, 2.45) is 0 Å². The normalized spacial score (nSPS) is 44.7. The van der Waals surface area contributed by atoms with Crippen LogP contribution in [-0.2, 0) is 28.4 Å². The standard InChI is InChI=1S/C16H26O7/c1-9-10(17)11-13(22-15(4,5)21-11)16(12(9)19-8-18-6)7-20-14(2,3)23-16/h10-13,17H,1,7-8H2,2-6H3/t10-,11-,12+,13-,16-/m0/s1. The van der Waals surface area contributed by atoms with E-state index in [-0.39, 0.29) is 13.4 Å². The first-order chi connectivity index (χ1) is 10.6. The maximum Gasteiger partial charge on any atom is 0.164 e. The topological polar surface area (TPSA) is 75.6 Å².